The molecule has 2 heterocycles. The predicted molar refractivity (Wildman–Crippen MR) is 48.3 cm³/mol. The second-order valence-corrected chi connectivity index (χ2v) is 3.16. The van der Waals surface area contributed by atoms with Gasteiger partial charge in [-0.3, -0.25) is 9.20 Å². The Morgan fingerprint density at radius 3 is 3.08 bits per heavy atom. The molecule has 0 aliphatic heterocycles. The largest absolute Gasteiger partial charge is 0.294 e. The van der Waals surface area contributed by atoms with Gasteiger partial charge in [-0.2, -0.15) is 0 Å². The summed E-state index contributed by atoms with van der Waals surface area (Å²) in [6.07, 6.45) is 2.40. The van der Waals surface area contributed by atoms with Crippen molar-refractivity contribution < 1.29 is 4.79 Å². The SMILES string of the molecule is O=Cc1ncc2cccc(Br)n12. The molecule has 0 fully saturated rings. The molecule has 0 spiro atoms. The maximum atomic E-state index is 10.5. The summed E-state index contributed by atoms with van der Waals surface area (Å²) in [5.74, 6) is 0.414. The minimum absolute atomic E-state index is 0.414. The van der Waals surface area contributed by atoms with Gasteiger partial charge in [-0.1, -0.05) is 6.07 Å². The Morgan fingerprint density at radius 1 is 1.50 bits per heavy atom. The van der Waals surface area contributed by atoms with E-state index in [1.807, 2.05) is 18.2 Å². The van der Waals surface area contributed by atoms with Crippen LogP contribution in [0.25, 0.3) is 5.52 Å². The number of aldehydes is 1. The van der Waals surface area contributed by atoms with Crippen molar-refractivity contribution in [3.05, 3.63) is 34.8 Å². The number of carbonyl (C=O) groups excluding carboxylic acids is 1. The van der Waals surface area contributed by atoms with E-state index in [1.165, 1.54) is 0 Å². The summed E-state index contributed by atoms with van der Waals surface area (Å²) in [6, 6.07) is 5.65. The summed E-state index contributed by atoms with van der Waals surface area (Å²) in [4.78, 5) is 14.5. The number of pyridine rings is 1. The molecule has 60 valence electrons. The van der Waals surface area contributed by atoms with Crippen LogP contribution in [0.4, 0.5) is 0 Å². The number of nitrogens with zero attached hydrogens (tertiary/aromatic N) is 2. The van der Waals surface area contributed by atoms with Crippen LogP contribution in [0.3, 0.4) is 0 Å². The van der Waals surface area contributed by atoms with E-state index in [-0.39, 0.29) is 0 Å². The lowest BCUT2D eigenvalue weighted by Gasteiger charge is -1.97. The average Bonchev–Trinajstić information content (AvgIpc) is 2.49. The normalized spacial score (nSPS) is 10.4. The minimum Gasteiger partial charge on any atom is -0.294 e. The molecule has 0 saturated heterocycles. The Bertz CT molecular complexity index is 436. The predicted octanol–water partition coefficient (Wildman–Crippen LogP) is 1.91. The molecule has 3 nitrogen and oxygen atoms in total. The zero-order valence-corrected chi connectivity index (χ0v) is 7.65. The van der Waals surface area contributed by atoms with E-state index < -0.39 is 0 Å². The van der Waals surface area contributed by atoms with Gasteiger partial charge < -0.3 is 0 Å². The Morgan fingerprint density at radius 2 is 2.33 bits per heavy atom. The quantitative estimate of drug-likeness (QED) is 0.548. The molecular formula is C8H5BrN2O. The average molecular weight is 225 g/mol. The molecule has 0 N–H and O–H groups in total. The van der Waals surface area contributed by atoms with Gasteiger partial charge in [-0.15, -0.1) is 0 Å². The molecule has 0 amide bonds. The maximum absolute atomic E-state index is 10.5. The van der Waals surface area contributed by atoms with Crippen molar-refractivity contribution in [2.24, 2.45) is 0 Å². The molecule has 2 aromatic heterocycles. The summed E-state index contributed by atoms with van der Waals surface area (Å²) in [5, 5.41) is 0. The molecule has 12 heavy (non-hydrogen) atoms. The number of hydrogen-bond acceptors (Lipinski definition) is 2. The monoisotopic (exact) mass is 224 g/mol. The highest BCUT2D eigenvalue weighted by Gasteiger charge is 2.03. The molecule has 4 heteroatoms. The van der Waals surface area contributed by atoms with Crippen molar-refractivity contribution in [3.63, 3.8) is 0 Å². The Labute approximate surface area is 77.2 Å². The molecule has 2 aromatic rings. The molecule has 0 atom stereocenters. The first-order valence-electron chi connectivity index (χ1n) is 3.40. The van der Waals surface area contributed by atoms with Crippen LogP contribution in [-0.4, -0.2) is 15.7 Å². The first-order chi connectivity index (χ1) is 5.83. The van der Waals surface area contributed by atoms with E-state index >= 15 is 0 Å². The van der Waals surface area contributed by atoms with E-state index in [0.29, 0.717) is 5.82 Å². The van der Waals surface area contributed by atoms with E-state index in [1.54, 1.807) is 10.6 Å². The minimum atomic E-state index is 0.414. The molecule has 0 aromatic carbocycles. The zero-order valence-electron chi connectivity index (χ0n) is 6.07. The molecular weight excluding hydrogens is 220 g/mol. The van der Waals surface area contributed by atoms with Crippen LogP contribution >= 0.6 is 15.9 Å². The third kappa shape index (κ3) is 0.956. The van der Waals surface area contributed by atoms with E-state index in [0.717, 1.165) is 16.4 Å². The molecule has 0 aliphatic carbocycles. The first-order valence-corrected chi connectivity index (χ1v) is 4.19. The lowest BCUT2D eigenvalue weighted by Crippen LogP contribution is -1.93. The fourth-order valence-corrected chi connectivity index (χ4v) is 1.65. The zero-order chi connectivity index (χ0) is 8.55. The van der Waals surface area contributed by atoms with Gasteiger partial charge in [-0.25, -0.2) is 4.98 Å². The second-order valence-electron chi connectivity index (χ2n) is 2.34. The molecule has 0 aliphatic rings. The fraction of sp³-hybridized carbons (Fsp3) is 0. The number of carbonyl (C=O) groups is 1. The maximum Gasteiger partial charge on any atom is 0.185 e. The van der Waals surface area contributed by atoms with E-state index in [9.17, 15) is 4.79 Å². The fourth-order valence-electron chi connectivity index (χ4n) is 1.11. The number of fused-ring (bicyclic) bond motifs is 1. The van der Waals surface area contributed by atoms with E-state index in [4.69, 9.17) is 0 Å². The standard InChI is InChI=1S/C8H5BrN2O/c9-7-3-1-2-6-4-10-8(5-12)11(6)7/h1-5H. The Balaban J connectivity index is 2.91. The van der Waals surface area contributed by atoms with Crippen LogP contribution in [0.1, 0.15) is 10.6 Å². The number of rotatable bonds is 1. The third-order valence-corrected chi connectivity index (χ3v) is 2.26. The molecule has 0 saturated carbocycles. The van der Waals surface area contributed by atoms with Gasteiger partial charge in [0.25, 0.3) is 0 Å². The number of halogens is 1. The van der Waals surface area contributed by atoms with Gasteiger partial charge in [0.15, 0.2) is 12.1 Å². The Kier molecular flexibility index (Phi) is 1.69. The molecule has 0 bridgehead atoms. The van der Waals surface area contributed by atoms with Gasteiger partial charge in [0.2, 0.25) is 0 Å². The van der Waals surface area contributed by atoms with Gasteiger partial charge >= 0.3 is 0 Å². The number of imidazole rings is 1. The lowest BCUT2D eigenvalue weighted by atomic mass is 10.4. The van der Waals surface area contributed by atoms with E-state index in [2.05, 4.69) is 20.9 Å². The highest BCUT2D eigenvalue weighted by molar-refractivity contribution is 9.10. The summed E-state index contributed by atoms with van der Waals surface area (Å²) < 4.78 is 2.58. The smallest absolute Gasteiger partial charge is 0.185 e. The molecule has 0 radical (unpaired) electrons. The summed E-state index contributed by atoms with van der Waals surface area (Å²) in [5.41, 5.74) is 0.909. The van der Waals surface area contributed by atoms with Crippen LogP contribution in [0.5, 0.6) is 0 Å². The van der Waals surface area contributed by atoms with Gasteiger partial charge in [0, 0.05) is 0 Å². The molecule has 2 rings (SSSR count). The van der Waals surface area contributed by atoms with Crippen molar-refractivity contribution in [1.82, 2.24) is 9.38 Å². The number of aromatic nitrogens is 2. The van der Waals surface area contributed by atoms with Crippen LogP contribution in [0, 0.1) is 0 Å². The second kappa shape index (κ2) is 2.71. The van der Waals surface area contributed by atoms with Crippen molar-refractivity contribution in [1.29, 1.82) is 0 Å². The summed E-state index contributed by atoms with van der Waals surface area (Å²) >= 11 is 3.33. The summed E-state index contributed by atoms with van der Waals surface area (Å²) in [6.45, 7) is 0. The van der Waals surface area contributed by atoms with Gasteiger partial charge in [-0.05, 0) is 28.1 Å². The van der Waals surface area contributed by atoms with Crippen molar-refractivity contribution in [2.45, 2.75) is 0 Å². The molecule has 0 unspecified atom stereocenters. The van der Waals surface area contributed by atoms with Crippen molar-refractivity contribution in [2.75, 3.05) is 0 Å². The van der Waals surface area contributed by atoms with Gasteiger partial charge in [0.1, 0.15) is 0 Å². The van der Waals surface area contributed by atoms with Crippen LogP contribution in [0.2, 0.25) is 0 Å². The van der Waals surface area contributed by atoms with Crippen LogP contribution in [-0.2, 0) is 0 Å². The Hall–Kier alpha value is -1.16. The van der Waals surface area contributed by atoms with Crippen molar-refractivity contribution in [3.8, 4) is 0 Å². The first kappa shape index (κ1) is 7.49. The van der Waals surface area contributed by atoms with Crippen LogP contribution < -0.4 is 0 Å². The lowest BCUT2D eigenvalue weighted by molar-refractivity contribution is 0.111. The van der Waals surface area contributed by atoms with Crippen molar-refractivity contribution >= 4 is 27.7 Å². The topological polar surface area (TPSA) is 34.4 Å². The highest BCUT2D eigenvalue weighted by atomic mass is 79.9. The van der Waals surface area contributed by atoms with Gasteiger partial charge in [0.05, 0.1) is 16.3 Å². The number of hydrogen-bond donors (Lipinski definition) is 0. The summed E-state index contributed by atoms with van der Waals surface area (Å²) in [7, 11) is 0. The third-order valence-electron chi connectivity index (χ3n) is 1.64. The highest BCUT2D eigenvalue weighted by Crippen LogP contribution is 2.14. The van der Waals surface area contributed by atoms with Crippen LogP contribution in [0.15, 0.2) is 29.0 Å².